The summed E-state index contributed by atoms with van der Waals surface area (Å²) < 4.78 is 0. The summed E-state index contributed by atoms with van der Waals surface area (Å²) in [6, 6.07) is 9.00. The lowest BCUT2D eigenvalue weighted by Crippen LogP contribution is -2.45. The maximum atomic E-state index is 12.0. The van der Waals surface area contributed by atoms with E-state index in [0.29, 0.717) is 25.1 Å². The van der Waals surface area contributed by atoms with Crippen molar-refractivity contribution in [2.45, 2.75) is 18.9 Å². The molecule has 2 N–H and O–H groups in total. The summed E-state index contributed by atoms with van der Waals surface area (Å²) in [5.74, 6) is -0.0840. The van der Waals surface area contributed by atoms with Gasteiger partial charge in [0.1, 0.15) is 12.1 Å². The fourth-order valence-corrected chi connectivity index (χ4v) is 2.39. The molecule has 0 spiro atoms. The van der Waals surface area contributed by atoms with Gasteiger partial charge in [0.2, 0.25) is 5.91 Å². The van der Waals surface area contributed by atoms with E-state index in [-0.39, 0.29) is 12.5 Å². The molecule has 2 rings (SSSR count). The third kappa shape index (κ3) is 2.85. The molecule has 0 aromatic heterocycles. The monoisotopic (exact) mass is 259 g/mol. The van der Waals surface area contributed by atoms with Gasteiger partial charge in [-0.25, -0.2) is 0 Å². The van der Waals surface area contributed by atoms with Gasteiger partial charge in [0, 0.05) is 19.7 Å². The van der Waals surface area contributed by atoms with Crippen LogP contribution in [0.5, 0.6) is 0 Å². The topological polar surface area (TPSA) is 76.4 Å². The van der Waals surface area contributed by atoms with Crippen molar-refractivity contribution in [3.8, 4) is 6.07 Å². The van der Waals surface area contributed by atoms with Crippen LogP contribution in [0.4, 0.5) is 5.69 Å². The lowest BCUT2D eigenvalue weighted by molar-refractivity contribution is -0.122. The predicted octanol–water partition coefficient (Wildman–Crippen LogP) is 0.636. The number of para-hydroxylation sites is 1. The highest BCUT2D eigenvalue weighted by molar-refractivity contribution is 5.86. The molecule has 0 radical (unpaired) electrons. The Morgan fingerprint density at radius 1 is 1.47 bits per heavy atom. The summed E-state index contributed by atoms with van der Waals surface area (Å²) in [7, 11) is 0. The number of carbonyl (C=O) groups excluding carboxylic acids is 1. The maximum absolute atomic E-state index is 12.0. The highest BCUT2D eigenvalue weighted by Crippen LogP contribution is 2.24. The number of hydrogen-bond acceptors (Lipinski definition) is 4. The minimum Gasteiger partial charge on any atom is -0.396 e. The van der Waals surface area contributed by atoms with Gasteiger partial charge in [0.05, 0.1) is 11.3 Å². The molecule has 1 unspecified atom stereocenters. The molecule has 1 aromatic rings. The molecule has 100 valence electrons. The zero-order chi connectivity index (χ0) is 13.7. The van der Waals surface area contributed by atoms with E-state index in [1.165, 1.54) is 0 Å². The summed E-state index contributed by atoms with van der Waals surface area (Å²) in [5.41, 5.74) is 1.32. The summed E-state index contributed by atoms with van der Waals surface area (Å²) >= 11 is 0. The Hall–Kier alpha value is -2.06. The molecule has 1 atom stereocenters. The Bertz CT molecular complexity index is 496. The molecule has 1 aromatic carbocycles. The van der Waals surface area contributed by atoms with Crippen molar-refractivity contribution in [1.29, 1.82) is 5.26 Å². The number of benzene rings is 1. The molecule has 1 heterocycles. The SMILES string of the molecule is N#Cc1ccccc1N1CCCNC(=O)C1CCO. The summed E-state index contributed by atoms with van der Waals surface area (Å²) in [5, 5.41) is 21.2. The van der Waals surface area contributed by atoms with E-state index in [9.17, 15) is 10.1 Å². The predicted molar refractivity (Wildman–Crippen MR) is 71.6 cm³/mol. The zero-order valence-corrected chi connectivity index (χ0v) is 10.7. The van der Waals surface area contributed by atoms with E-state index in [2.05, 4.69) is 11.4 Å². The number of nitrogens with one attached hydrogen (secondary N) is 1. The smallest absolute Gasteiger partial charge is 0.242 e. The minimum absolute atomic E-state index is 0.0523. The largest absolute Gasteiger partial charge is 0.396 e. The Morgan fingerprint density at radius 2 is 2.26 bits per heavy atom. The van der Waals surface area contributed by atoms with Crippen molar-refractivity contribution in [2.24, 2.45) is 0 Å². The Labute approximate surface area is 112 Å². The van der Waals surface area contributed by atoms with Gasteiger partial charge in [0.15, 0.2) is 0 Å². The number of rotatable bonds is 3. The average Bonchev–Trinajstić information content (AvgIpc) is 2.62. The van der Waals surface area contributed by atoms with Gasteiger partial charge in [-0.15, -0.1) is 0 Å². The van der Waals surface area contributed by atoms with E-state index in [1.54, 1.807) is 12.1 Å². The molecular weight excluding hydrogens is 242 g/mol. The van der Waals surface area contributed by atoms with Gasteiger partial charge >= 0.3 is 0 Å². The van der Waals surface area contributed by atoms with Crippen LogP contribution in [0, 0.1) is 11.3 Å². The second-order valence-electron chi connectivity index (χ2n) is 4.50. The van der Waals surface area contributed by atoms with Crippen molar-refractivity contribution in [3.05, 3.63) is 29.8 Å². The van der Waals surface area contributed by atoms with E-state index in [1.807, 2.05) is 17.0 Å². The van der Waals surface area contributed by atoms with Crippen LogP contribution >= 0.6 is 0 Å². The Balaban J connectivity index is 2.38. The highest BCUT2D eigenvalue weighted by atomic mass is 16.3. The van der Waals surface area contributed by atoms with E-state index in [0.717, 1.165) is 12.1 Å². The molecule has 1 aliphatic heterocycles. The van der Waals surface area contributed by atoms with Crippen molar-refractivity contribution in [3.63, 3.8) is 0 Å². The first-order valence-corrected chi connectivity index (χ1v) is 6.42. The molecule has 1 saturated heterocycles. The number of carbonyl (C=O) groups is 1. The van der Waals surface area contributed by atoms with Gasteiger partial charge in [-0.3, -0.25) is 4.79 Å². The molecule has 5 heteroatoms. The molecule has 1 amide bonds. The van der Waals surface area contributed by atoms with Crippen LogP contribution in [0.25, 0.3) is 0 Å². The van der Waals surface area contributed by atoms with Crippen LogP contribution in [0.15, 0.2) is 24.3 Å². The number of aliphatic hydroxyl groups is 1. The lowest BCUT2D eigenvalue weighted by atomic mass is 10.1. The van der Waals surface area contributed by atoms with Crippen LogP contribution in [0.3, 0.4) is 0 Å². The standard InChI is InChI=1S/C14H17N3O2/c15-10-11-4-1-2-5-12(11)17-8-3-7-16-14(19)13(17)6-9-18/h1-2,4-5,13,18H,3,6-9H2,(H,16,19). The second kappa shape index (κ2) is 6.21. The number of nitrogens with zero attached hydrogens (tertiary/aromatic N) is 2. The van der Waals surface area contributed by atoms with Gasteiger partial charge in [-0.2, -0.15) is 5.26 Å². The molecule has 0 aliphatic carbocycles. The second-order valence-corrected chi connectivity index (χ2v) is 4.50. The van der Waals surface area contributed by atoms with Crippen molar-refractivity contribution in [1.82, 2.24) is 5.32 Å². The molecular formula is C14H17N3O2. The number of hydrogen-bond donors (Lipinski definition) is 2. The minimum atomic E-state index is -0.415. The first-order chi connectivity index (χ1) is 9.27. The number of aliphatic hydroxyl groups excluding tert-OH is 1. The molecule has 5 nitrogen and oxygen atoms in total. The summed E-state index contributed by atoms with van der Waals surface area (Å²) in [6.45, 7) is 1.28. The zero-order valence-electron chi connectivity index (χ0n) is 10.7. The fraction of sp³-hybridized carbons (Fsp3) is 0.429. The Morgan fingerprint density at radius 3 is 3.00 bits per heavy atom. The van der Waals surface area contributed by atoms with Crippen LogP contribution in [0.2, 0.25) is 0 Å². The molecule has 0 saturated carbocycles. The van der Waals surface area contributed by atoms with Crippen LogP contribution in [-0.4, -0.2) is 36.8 Å². The highest BCUT2D eigenvalue weighted by Gasteiger charge is 2.28. The van der Waals surface area contributed by atoms with E-state index < -0.39 is 6.04 Å². The van der Waals surface area contributed by atoms with Crippen molar-refractivity contribution >= 4 is 11.6 Å². The summed E-state index contributed by atoms with van der Waals surface area (Å²) in [4.78, 5) is 14.0. The third-order valence-corrected chi connectivity index (χ3v) is 3.29. The quantitative estimate of drug-likeness (QED) is 0.835. The van der Waals surface area contributed by atoms with Crippen LogP contribution < -0.4 is 10.2 Å². The Kier molecular flexibility index (Phi) is 4.37. The van der Waals surface area contributed by atoms with Gasteiger partial charge < -0.3 is 15.3 Å². The molecule has 19 heavy (non-hydrogen) atoms. The normalized spacial score (nSPS) is 19.5. The van der Waals surface area contributed by atoms with Gasteiger partial charge in [0.25, 0.3) is 0 Å². The maximum Gasteiger partial charge on any atom is 0.242 e. The first kappa shape index (κ1) is 13.4. The number of anilines is 1. The number of nitriles is 1. The van der Waals surface area contributed by atoms with Crippen LogP contribution in [-0.2, 0) is 4.79 Å². The number of amides is 1. The van der Waals surface area contributed by atoms with E-state index in [4.69, 9.17) is 5.11 Å². The summed E-state index contributed by atoms with van der Waals surface area (Å²) in [6.07, 6.45) is 1.19. The van der Waals surface area contributed by atoms with Gasteiger partial charge in [-0.1, -0.05) is 12.1 Å². The van der Waals surface area contributed by atoms with Crippen molar-refractivity contribution < 1.29 is 9.90 Å². The molecule has 1 aliphatic rings. The van der Waals surface area contributed by atoms with Crippen molar-refractivity contribution in [2.75, 3.05) is 24.6 Å². The fourth-order valence-electron chi connectivity index (χ4n) is 2.39. The first-order valence-electron chi connectivity index (χ1n) is 6.42. The third-order valence-electron chi connectivity index (χ3n) is 3.29. The molecule has 0 bridgehead atoms. The average molecular weight is 259 g/mol. The van der Waals surface area contributed by atoms with Crippen LogP contribution in [0.1, 0.15) is 18.4 Å². The lowest BCUT2D eigenvalue weighted by Gasteiger charge is -2.30. The van der Waals surface area contributed by atoms with E-state index >= 15 is 0 Å². The van der Waals surface area contributed by atoms with Gasteiger partial charge in [-0.05, 0) is 25.0 Å². The molecule has 1 fully saturated rings.